The molecule has 0 spiro atoms. The van der Waals surface area contributed by atoms with Crippen LogP contribution in [-0.4, -0.2) is 11.0 Å². The van der Waals surface area contributed by atoms with Crippen LogP contribution in [-0.2, 0) is 0 Å². The van der Waals surface area contributed by atoms with Gasteiger partial charge in [0.1, 0.15) is 22.9 Å². The van der Waals surface area contributed by atoms with E-state index in [0.29, 0.717) is 0 Å². The van der Waals surface area contributed by atoms with E-state index in [9.17, 15) is 18.7 Å². The lowest BCUT2D eigenvalue weighted by Crippen LogP contribution is -2.28. The molecule has 5 heteroatoms. The zero-order valence-electron chi connectivity index (χ0n) is 10.7. The van der Waals surface area contributed by atoms with E-state index in [1.165, 1.54) is 30.3 Å². The van der Waals surface area contributed by atoms with Crippen LogP contribution in [0.2, 0.25) is 0 Å². The van der Waals surface area contributed by atoms with E-state index in [-0.39, 0.29) is 5.56 Å². The number of phenolic OH excluding ortho intramolecular Hbond substituents is 1. The second-order valence-corrected chi connectivity index (χ2v) is 4.35. The molecule has 20 heavy (non-hydrogen) atoms. The second-order valence-electron chi connectivity index (χ2n) is 4.35. The van der Waals surface area contributed by atoms with Crippen molar-refractivity contribution in [2.24, 2.45) is 0 Å². The Morgan fingerprint density at radius 3 is 2.40 bits per heavy atom. The minimum Gasteiger partial charge on any atom is -0.507 e. The SMILES string of the molecule is CC(NC(=O)c1c(O)cccc1F)c1ccccc1F. The standard InChI is InChI=1S/C15H13F2NO2/c1-9(10-5-2-3-6-11(10)16)18-15(20)14-12(17)7-4-8-13(14)19/h2-9,19H,1H3,(H,18,20). The lowest BCUT2D eigenvalue weighted by atomic mass is 10.1. The van der Waals surface area contributed by atoms with E-state index in [2.05, 4.69) is 5.32 Å². The predicted molar refractivity (Wildman–Crippen MR) is 70.3 cm³/mol. The number of benzene rings is 2. The molecule has 0 saturated heterocycles. The van der Waals surface area contributed by atoms with Crippen molar-refractivity contribution < 1.29 is 18.7 Å². The van der Waals surface area contributed by atoms with Crippen LogP contribution in [0.1, 0.15) is 28.9 Å². The molecule has 104 valence electrons. The van der Waals surface area contributed by atoms with Crippen molar-refractivity contribution in [2.75, 3.05) is 0 Å². The Labute approximate surface area is 114 Å². The fourth-order valence-electron chi connectivity index (χ4n) is 1.91. The molecule has 1 atom stereocenters. The number of carbonyl (C=O) groups excluding carboxylic acids is 1. The molecule has 2 aromatic carbocycles. The average Bonchev–Trinajstić information content (AvgIpc) is 2.38. The summed E-state index contributed by atoms with van der Waals surface area (Å²) in [5.41, 5.74) is -0.160. The number of hydrogen-bond acceptors (Lipinski definition) is 2. The third kappa shape index (κ3) is 2.77. The van der Waals surface area contributed by atoms with Gasteiger partial charge >= 0.3 is 0 Å². The molecule has 0 fully saturated rings. The number of nitrogens with one attached hydrogen (secondary N) is 1. The van der Waals surface area contributed by atoms with Gasteiger partial charge in [0.2, 0.25) is 0 Å². The summed E-state index contributed by atoms with van der Waals surface area (Å²) in [5, 5.41) is 12.0. The highest BCUT2D eigenvalue weighted by atomic mass is 19.1. The Kier molecular flexibility index (Phi) is 3.98. The Hall–Kier alpha value is -2.43. The van der Waals surface area contributed by atoms with Gasteiger partial charge in [-0.25, -0.2) is 8.78 Å². The molecule has 0 aromatic heterocycles. The second kappa shape index (κ2) is 5.69. The van der Waals surface area contributed by atoms with Crippen LogP contribution in [0.4, 0.5) is 8.78 Å². The van der Waals surface area contributed by atoms with E-state index in [1.54, 1.807) is 13.0 Å². The summed E-state index contributed by atoms with van der Waals surface area (Å²) < 4.78 is 27.1. The monoisotopic (exact) mass is 277 g/mol. The number of halogens is 2. The molecule has 2 N–H and O–H groups in total. The van der Waals surface area contributed by atoms with E-state index in [1.807, 2.05) is 0 Å². The first-order valence-corrected chi connectivity index (χ1v) is 6.03. The predicted octanol–water partition coefficient (Wildman–Crippen LogP) is 3.16. The summed E-state index contributed by atoms with van der Waals surface area (Å²) in [5.74, 6) is -2.54. The number of amides is 1. The van der Waals surface area contributed by atoms with Crippen molar-refractivity contribution >= 4 is 5.91 Å². The molecule has 0 aliphatic rings. The van der Waals surface area contributed by atoms with Gasteiger partial charge in [0.05, 0.1) is 6.04 Å². The minimum atomic E-state index is -0.830. The molecule has 0 radical (unpaired) electrons. The molecule has 0 aliphatic heterocycles. The highest BCUT2D eigenvalue weighted by molar-refractivity contribution is 5.97. The summed E-state index contributed by atoms with van der Waals surface area (Å²) in [7, 11) is 0. The lowest BCUT2D eigenvalue weighted by Gasteiger charge is -2.15. The summed E-state index contributed by atoms with van der Waals surface area (Å²) in [6, 6.07) is 8.91. The molecule has 0 bridgehead atoms. The van der Waals surface area contributed by atoms with Gasteiger partial charge in [-0.2, -0.15) is 0 Å². The van der Waals surface area contributed by atoms with Crippen LogP contribution >= 0.6 is 0 Å². The van der Waals surface area contributed by atoms with Crippen LogP contribution in [0.15, 0.2) is 42.5 Å². The first-order valence-electron chi connectivity index (χ1n) is 6.03. The fraction of sp³-hybridized carbons (Fsp3) is 0.133. The first-order chi connectivity index (χ1) is 9.50. The zero-order chi connectivity index (χ0) is 14.7. The summed E-state index contributed by atoms with van der Waals surface area (Å²) in [4.78, 5) is 11.9. The molecule has 2 rings (SSSR count). The van der Waals surface area contributed by atoms with E-state index in [4.69, 9.17) is 0 Å². The number of phenols is 1. The van der Waals surface area contributed by atoms with E-state index >= 15 is 0 Å². The maximum Gasteiger partial charge on any atom is 0.258 e. The smallest absolute Gasteiger partial charge is 0.258 e. The third-order valence-electron chi connectivity index (χ3n) is 2.94. The molecule has 1 unspecified atom stereocenters. The van der Waals surface area contributed by atoms with Crippen LogP contribution < -0.4 is 5.32 Å². The van der Waals surface area contributed by atoms with Crippen molar-refractivity contribution in [2.45, 2.75) is 13.0 Å². The topological polar surface area (TPSA) is 49.3 Å². The summed E-state index contributed by atoms with van der Waals surface area (Å²) in [6.07, 6.45) is 0. The molecule has 1 amide bonds. The zero-order valence-corrected chi connectivity index (χ0v) is 10.7. The molecular formula is C15H13F2NO2. The Morgan fingerprint density at radius 2 is 1.75 bits per heavy atom. The Balaban J connectivity index is 2.22. The number of carbonyl (C=O) groups is 1. The van der Waals surface area contributed by atoms with Crippen LogP contribution in [0.5, 0.6) is 5.75 Å². The summed E-state index contributed by atoms with van der Waals surface area (Å²) >= 11 is 0. The van der Waals surface area contributed by atoms with E-state index < -0.39 is 34.9 Å². The summed E-state index contributed by atoms with van der Waals surface area (Å²) in [6.45, 7) is 1.58. The van der Waals surface area contributed by atoms with Gasteiger partial charge in [-0.3, -0.25) is 4.79 Å². The van der Waals surface area contributed by atoms with Crippen LogP contribution in [0.25, 0.3) is 0 Å². The molecule has 3 nitrogen and oxygen atoms in total. The maximum atomic E-state index is 13.6. The quantitative estimate of drug-likeness (QED) is 0.905. The van der Waals surface area contributed by atoms with Crippen LogP contribution in [0, 0.1) is 11.6 Å². The molecule has 0 heterocycles. The minimum absolute atomic E-state index is 0.289. The van der Waals surface area contributed by atoms with Gasteiger partial charge in [0.15, 0.2) is 0 Å². The number of rotatable bonds is 3. The Morgan fingerprint density at radius 1 is 1.10 bits per heavy atom. The van der Waals surface area contributed by atoms with Crippen molar-refractivity contribution in [3.8, 4) is 5.75 Å². The maximum absolute atomic E-state index is 13.6. The molecular weight excluding hydrogens is 264 g/mol. The van der Waals surface area contributed by atoms with Gasteiger partial charge in [-0.05, 0) is 25.1 Å². The van der Waals surface area contributed by atoms with Crippen molar-refractivity contribution in [1.29, 1.82) is 0 Å². The average molecular weight is 277 g/mol. The normalized spacial score (nSPS) is 11.9. The fourth-order valence-corrected chi connectivity index (χ4v) is 1.91. The van der Waals surface area contributed by atoms with Crippen molar-refractivity contribution in [1.82, 2.24) is 5.32 Å². The number of aromatic hydroxyl groups is 1. The molecule has 0 aliphatic carbocycles. The molecule has 2 aromatic rings. The third-order valence-corrected chi connectivity index (χ3v) is 2.94. The highest BCUT2D eigenvalue weighted by Crippen LogP contribution is 2.22. The van der Waals surface area contributed by atoms with Crippen LogP contribution in [0.3, 0.4) is 0 Å². The largest absolute Gasteiger partial charge is 0.507 e. The van der Waals surface area contributed by atoms with Gasteiger partial charge in [-0.15, -0.1) is 0 Å². The first kappa shape index (κ1) is 14.0. The van der Waals surface area contributed by atoms with Crippen molar-refractivity contribution in [3.63, 3.8) is 0 Å². The van der Waals surface area contributed by atoms with Gasteiger partial charge in [0, 0.05) is 5.56 Å². The van der Waals surface area contributed by atoms with Gasteiger partial charge < -0.3 is 10.4 Å². The van der Waals surface area contributed by atoms with Gasteiger partial charge in [0.25, 0.3) is 5.91 Å². The highest BCUT2D eigenvalue weighted by Gasteiger charge is 2.19. The number of hydrogen-bond donors (Lipinski definition) is 2. The lowest BCUT2D eigenvalue weighted by molar-refractivity contribution is 0.0932. The van der Waals surface area contributed by atoms with Gasteiger partial charge in [-0.1, -0.05) is 24.3 Å². The van der Waals surface area contributed by atoms with Crippen molar-refractivity contribution in [3.05, 3.63) is 65.2 Å². The Bertz CT molecular complexity index is 623. The van der Waals surface area contributed by atoms with E-state index in [0.717, 1.165) is 6.07 Å². The molecule has 0 saturated carbocycles.